The molecule has 7 nitrogen and oxygen atoms in total. The summed E-state index contributed by atoms with van der Waals surface area (Å²) in [7, 11) is 1.55. The van der Waals surface area contributed by atoms with Crippen LogP contribution in [0.4, 0.5) is 4.79 Å². The highest BCUT2D eigenvalue weighted by Gasteiger charge is 2.38. The summed E-state index contributed by atoms with van der Waals surface area (Å²) >= 11 is 0. The van der Waals surface area contributed by atoms with Crippen molar-refractivity contribution in [2.45, 2.75) is 45.2 Å². The fourth-order valence-electron chi connectivity index (χ4n) is 2.16. The Morgan fingerprint density at radius 3 is 2.65 bits per heavy atom. The minimum Gasteiger partial charge on any atom is -0.382 e. The van der Waals surface area contributed by atoms with Crippen LogP contribution in [0.3, 0.4) is 0 Å². The van der Waals surface area contributed by atoms with Gasteiger partial charge in [0.25, 0.3) is 5.91 Å². The summed E-state index contributed by atoms with van der Waals surface area (Å²) in [6.45, 7) is 6.27. The molecule has 1 heterocycles. The van der Waals surface area contributed by atoms with Gasteiger partial charge in [-0.1, -0.05) is 6.92 Å². The van der Waals surface area contributed by atoms with Gasteiger partial charge in [0.1, 0.15) is 6.04 Å². The fraction of sp³-hybridized carbons (Fsp3) is 0.769. The SMILES string of the molecule is CCCN1C(=O)N[C@@H](CC(=O)NC(C)(C)COC)C1=O. The van der Waals surface area contributed by atoms with Crippen LogP contribution in [-0.2, 0) is 14.3 Å². The zero-order chi connectivity index (χ0) is 15.3. The fourth-order valence-corrected chi connectivity index (χ4v) is 2.16. The topological polar surface area (TPSA) is 87.7 Å². The Labute approximate surface area is 119 Å². The first-order valence-electron chi connectivity index (χ1n) is 6.72. The van der Waals surface area contributed by atoms with E-state index in [9.17, 15) is 14.4 Å². The van der Waals surface area contributed by atoms with Crippen LogP contribution >= 0.6 is 0 Å². The van der Waals surface area contributed by atoms with Crippen LogP contribution < -0.4 is 10.6 Å². The van der Waals surface area contributed by atoms with Crippen LogP contribution in [0.25, 0.3) is 0 Å². The van der Waals surface area contributed by atoms with E-state index in [0.717, 1.165) is 4.90 Å². The van der Waals surface area contributed by atoms with Crippen LogP contribution in [0.2, 0.25) is 0 Å². The van der Waals surface area contributed by atoms with Gasteiger partial charge in [-0.3, -0.25) is 14.5 Å². The maximum atomic E-state index is 12.0. The third kappa shape index (κ3) is 4.19. The quantitative estimate of drug-likeness (QED) is 0.656. The third-order valence-electron chi connectivity index (χ3n) is 2.93. The molecule has 2 N–H and O–H groups in total. The maximum Gasteiger partial charge on any atom is 0.324 e. The molecule has 4 amide bonds. The van der Waals surface area contributed by atoms with E-state index >= 15 is 0 Å². The summed E-state index contributed by atoms with van der Waals surface area (Å²) in [4.78, 5) is 36.6. The molecule has 20 heavy (non-hydrogen) atoms. The number of nitrogens with zero attached hydrogens (tertiary/aromatic N) is 1. The van der Waals surface area contributed by atoms with E-state index in [4.69, 9.17) is 4.74 Å². The number of rotatable bonds is 7. The Balaban J connectivity index is 2.55. The number of carbonyl (C=O) groups excluding carboxylic acids is 3. The average Bonchev–Trinajstić information content (AvgIpc) is 2.56. The van der Waals surface area contributed by atoms with E-state index in [1.54, 1.807) is 7.11 Å². The van der Waals surface area contributed by atoms with Crippen LogP contribution in [-0.4, -0.2) is 54.6 Å². The molecule has 0 aromatic heterocycles. The van der Waals surface area contributed by atoms with E-state index in [1.807, 2.05) is 20.8 Å². The van der Waals surface area contributed by atoms with Crippen LogP contribution in [0.15, 0.2) is 0 Å². The number of carbonyl (C=O) groups is 3. The first kappa shape index (κ1) is 16.4. The summed E-state index contributed by atoms with van der Waals surface area (Å²) in [6.07, 6.45) is 0.636. The number of amides is 4. The second-order valence-electron chi connectivity index (χ2n) is 5.56. The van der Waals surface area contributed by atoms with Gasteiger partial charge in [-0.05, 0) is 20.3 Å². The minimum atomic E-state index is -0.771. The van der Waals surface area contributed by atoms with Gasteiger partial charge >= 0.3 is 6.03 Å². The number of hydrogen-bond acceptors (Lipinski definition) is 4. The van der Waals surface area contributed by atoms with Crippen molar-refractivity contribution in [3.8, 4) is 0 Å². The highest BCUT2D eigenvalue weighted by atomic mass is 16.5. The first-order chi connectivity index (χ1) is 9.30. The van der Waals surface area contributed by atoms with Gasteiger partial charge in [0, 0.05) is 13.7 Å². The van der Waals surface area contributed by atoms with Crippen LogP contribution in [0.1, 0.15) is 33.6 Å². The van der Waals surface area contributed by atoms with Crippen molar-refractivity contribution in [3.63, 3.8) is 0 Å². The Morgan fingerprint density at radius 1 is 1.45 bits per heavy atom. The van der Waals surface area contributed by atoms with Gasteiger partial charge in [-0.2, -0.15) is 0 Å². The van der Waals surface area contributed by atoms with Crippen molar-refractivity contribution in [2.24, 2.45) is 0 Å². The number of ether oxygens (including phenoxy) is 1. The van der Waals surface area contributed by atoms with Crippen molar-refractivity contribution < 1.29 is 19.1 Å². The van der Waals surface area contributed by atoms with Crippen molar-refractivity contribution in [1.29, 1.82) is 0 Å². The molecule has 0 aromatic rings. The molecule has 0 radical (unpaired) electrons. The van der Waals surface area contributed by atoms with Crippen molar-refractivity contribution in [2.75, 3.05) is 20.3 Å². The second-order valence-corrected chi connectivity index (χ2v) is 5.56. The van der Waals surface area contributed by atoms with Gasteiger partial charge in [0.15, 0.2) is 0 Å². The molecule has 0 aromatic carbocycles. The number of nitrogens with one attached hydrogen (secondary N) is 2. The molecule has 1 fully saturated rings. The zero-order valence-corrected chi connectivity index (χ0v) is 12.5. The minimum absolute atomic E-state index is 0.0576. The highest BCUT2D eigenvalue weighted by molar-refractivity contribution is 6.05. The van der Waals surface area contributed by atoms with Crippen molar-refractivity contribution >= 4 is 17.8 Å². The lowest BCUT2D eigenvalue weighted by molar-refractivity contribution is -0.131. The van der Waals surface area contributed by atoms with Crippen molar-refractivity contribution in [3.05, 3.63) is 0 Å². The predicted octanol–water partition coefficient (Wildman–Crippen LogP) is 0.248. The molecule has 1 aliphatic heterocycles. The Kier molecular flexibility index (Phi) is 5.50. The standard InChI is InChI=1S/C13H23N3O4/c1-5-6-16-11(18)9(14-12(16)19)7-10(17)15-13(2,3)8-20-4/h9H,5-8H2,1-4H3,(H,14,19)(H,15,17)/t9-/m0/s1. The summed E-state index contributed by atoms with van der Waals surface area (Å²) in [5.74, 6) is -0.624. The number of imide groups is 1. The average molecular weight is 285 g/mol. The van der Waals surface area contributed by atoms with Crippen LogP contribution in [0, 0.1) is 0 Å². The Hall–Kier alpha value is -1.63. The molecular weight excluding hydrogens is 262 g/mol. The lowest BCUT2D eigenvalue weighted by Crippen LogP contribution is -2.48. The van der Waals surface area contributed by atoms with E-state index in [-0.39, 0.29) is 18.2 Å². The first-order valence-corrected chi connectivity index (χ1v) is 6.72. The van der Waals surface area contributed by atoms with E-state index in [2.05, 4.69) is 10.6 Å². The lowest BCUT2D eigenvalue weighted by Gasteiger charge is -2.25. The summed E-state index contributed by atoms with van der Waals surface area (Å²) in [6, 6.07) is -1.20. The second kappa shape index (κ2) is 6.69. The van der Waals surface area contributed by atoms with Crippen molar-refractivity contribution in [1.82, 2.24) is 15.5 Å². The monoisotopic (exact) mass is 285 g/mol. The molecule has 0 spiro atoms. The summed E-state index contributed by atoms with van der Waals surface area (Å²) in [5, 5.41) is 5.31. The van der Waals surface area contributed by atoms with Gasteiger partial charge < -0.3 is 15.4 Å². The largest absolute Gasteiger partial charge is 0.382 e. The number of hydrogen-bond donors (Lipinski definition) is 2. The third-order valence-corrected chi connectivity index (χ3v) is 2.93. The molecule has 0 aliphatic carbocycles. The maximum absolute atomic E-state index is 12.0. The molecule has 1 saturated heterocycles. The van der Waals surface area contributed by atoms with E-state index in [0.29, 0.717) is 19.6 Å². The summed E-state index contributed by atoms with van der Waals surface area (Å²) < 4.78 is 5.01. The zero-order valence-electron chi connectivity index (χ0n) is 12.5. The van der Waals surface area contributed by atoms with Gasteiger partial charge in [0.05, 0.1) is 18.6 Å². The molecule has 0 saturated carbocycles. The molecule has 1 atom stereocenters. The normalized spacial score (nSPS) is 19.2. The lowest BCUT2D eigenvalue weighted by atomic mass is 10.1. The Bertz CT molecular complexity index is 395. The number of methoxy groups -OCH3 is 1. The van der Waals surface area contributed by atoms with E-state index in [1.165, 1.54) is 0 Å². The molecule has 1 rings (SSSR count). The summed E-state index contributed by atoms with van der Waals surface area (Å²) in [5.41, 5.74) is -0.513. The predicted molar refractivity (Wildman–Crippen MR) is 73.0 cm³/mol. The Morgan fingerprint density at radius 2 is 2.10 bits per heavy atom. The smallest absolute Gasteiger partial charge is 0.324 e. The molecule has 1 aliphatic rings. The highest BCUT2D eigenvalue weighted by Crippen LogP contribution is 2.11. The molecule has 0 unspecified atom stereocenters. The van der Waals surface area contributed by atoms with Gasteiger partial charge in [-0.25, -0.2) is 4.79 Å². The molecule has 114 valence electrons. The van der Waals surface area contributed by atoms with E-state index < -0.39 is 17.6 Å². The molecule has 0 bridgehead atoms. The molecule has 7 heteroatoms. The number of urea groups is 1. The van der Waals surface area contributed by atoms with Gasteiger partial charge in [-0.15, -0.1) is 0 Å². The van der Waals surface area contributed by atoms with Crippen LogP contribution in [0.5, 0.6) is 0 Å². The molecular formula is C13H23N3O4. The van der Waals surface area contributed by atoms with Gasteiger partial charge in [0.2, 0.25) is 5.91 Å².